The number of nitriles is 1. The van der Waals surface area contributed by atoms with Crippen molar-refractivity contribution in [1.82, 2.24) is 5.32 Å². The van der Waals surface area contributed by atoms with E-state index < -0.39 is 10.8 Å². The van der Waals surface area contributed by atoms with Crippen molar-refractivity contribution < 1.29 is 9.00 Å². The van der Waals surface area contributed by atoms with Crippen molar-refractivity contribution in [3.05, 3.63) is 0 Å². The van der Waals surface area contributed by atoms with Gasteiger partial charge in [-0.2, -0.15) is 5.26 Å². The Morgan fingerprint density at radius 2 is 2.06 bits per heavy atom. The van der Waals surface area contributed by atoms with Gasteiger partial charge in [-0.05, 0) is 33.6 Å². The molecule has 0 aromatic carbocycles. The Hall–Kier alpha value is -0.890. The third-order valence-electron chi connectivity index (χ3n) is 2.39. The summed E-state index contributed by atoms with van der Waals surface area (Å²) in [7, 11) is -1.08. The van der Waals surface area contributed by atoms with Gasteiger partial charge in [-0.3, -0.25) is 9.00 Å². The fourth-order valence-electron chi connectivity index (χ4n) is 1.35. The van der Waals surface area contributed by atoms with Crippen LogP contribution in [0.3, 0.4) is 0 Å². The lowest BCUT2D eigenvalue weighted by atomic mass is 9.89. The van der Waals surface area contributed by atoms with E-state index in [-0.39, 0.29) is 17.1 Å². The molecule has 17 heavy (non-hydrogen) atoms. The Kier molecular flexibility index (Phi) is 7.81. The molecule has 0 heterocycles. The number of carbonyl (C=O) groups excluding carboxylic acids is 1. The van der Waals surface area contributed by atoms with E-state index in [0.29, 0.717) is 12.3 Å². The average molecular weight is 258 g/mol. The van der Waals surface area contributed by atoms with E-state index in [1.807, 2.05) is 20.8 Å². The van der Waals surface area contributed by atoms with Gasteiger partial charge in [-0.1, -0.05) is 6.42 Å². The second kappa shape index (κ2) is 8.24. The van der Waals surface area contributed by atoms with Crippen LogP contribution >= 0.6 is 0 Å². The third-order valence-corrected chi connectivity index (χ3v) is 3.72. The van der Waals surface area contributed by atoms with Crippen LogP contribution in [0.1, 0.15) is 40.0 Å². The van der Waals surface area contributed by atoms with Gasteiger partial charge in [0.25, 0.3) is 0 Å². The fourth-order valence-corrected chi connectivity index (χ4v) is 2.42. The van der Waals surface area contributed by atoms with E-state index in [1.54, 1.807) is 0 Å². The molecule has 5 heteroatoms. The molecule has 0 fully saturated rings. The van der Waals surface area contributed by atoms with Gasteiger partial charge >= 0.3 is 0 Å². The maximum atomic E-state index is 11.5. The molecule has 98 valence electrons. The zero-order valence-corrected chi connectivity index (χ0v) is 11.7. The van der Waals surface area contributed by atoms with Crippen LogP contribution in [0.4, 0.5) is 0 Å². The number of rotatable bonds is 8. The standard InChI is InChI=1S/C12H22N2O2S/c1-4-14-11(15)9-17(16)8-6-5-7-12(2,3)10-13/h4-9H2,1-3H3,(H,14,15). The molecule has 0 radical (unpaired) electrons. The Bertz CT molecular complexity index is 308. The molecule has 0 saturated heterocycles. The predicted molar refractivity (Wildman–Crippen MR) is 69.8 cm³/mol. The predicted octanol–water partition coefficient (Wildman–Crippen LogP) is 1.59. The van der Waals surface area contributed by atoms with Gasteiger partial charge in [0.2, 0.25) is 5.91 Å². The first-order chi connectivity index (χ1) is 7.91. The molecule has 0 saturated carbocycles. The normalized spacial score (nSPS) is 12.8. The maximum absolute atomic E-state index is 11.5. The first kappa shape index (κ1) is 16.1. The zero-order chi connectivity index (χ0) is 13.3. The molecule has 0 rings (SSSR count). The summed E-state index contributed by atoms with van der Waals surface area (Å²) >= 11 is 0. The number of nitrogens with zero attached hydrogens (tertiary/aromatic N) is 1. The minimum Gasteiger partial charge on any atom is -0.356 e. The van der Waals surface area contributed by atoms with Crippen LogP contribution < -0.4 is 5.32 Å². The molecule has 0 spiro atoms. The average Bonchev–Trinajstić information content (AvgIpc) is 2.25. The molecule has 0 aromatic rings. The minimum atomic E-state index is -1.08. The van der Waals surface area contributed by atoms with Gasteiger partial charge in [0.1, 0.15) is 5.75 Å². The molecular weight excluding hydrogens is 236 g/mol. The first-order valence-corrected chi connectivity index (χ1v) is 7.43. The highest BCUT2D eigenvalue weighted by molar-refractivity contribution is 7.85. The highest BCUT2D eigenvalue weighted by atomic mass is 32.2. The van der Waals surface area contributed by atoms with Crippen molar-refractivity contribution >= 4 is 16.7 Å². The quantitative estimate of drug-likeness (QED) is 0.672. The number of hydrogen-bond acceptors (Lipinski definition) is 3. The second-order valence-corrected chi connectivity index (χ2v) is 6.27. The van der Waals surface area contributed by atoms with Crippen molar-refractivity contribution in [2.75, 3.05) is 18.1 Å². The van der Waals surface area contributed by atoms with Crippen LogP contribution in [0.15, 0.2) is 0 Å². The number of unbranched alkanes of at least 4 members (excludes halogenated alkanes) is 1. The molecule has 0 aliphatic heterocycles. The van der Waals surface area contributed by atoms with E-state index in [4.69, 9.17) is 5.26 Å². The van der Waals surface area contributed by atoms with Gasteiger partial charge in [0.15, 0.2) is 0 Å². The lowest BCUT2D eigenvalue weighted by molar-refractivity contribution is -0.118. The van der Waals surface area contributed by atoms with Crippen molar-refractivity contribution in [3.63, 3.8) is 0 Å². The van der Waals surface area contributed by atoms with Crippen LogP contribution in [-0.4, -0.2) is 28.2 Å². The largest absolute Gasteiger partial charge is 0.356 e. The van der Waals surface area contributed by atoms with E-state index >= 15 is 0 Å². The summed E-state index contributed by atoms with van der Waals surface area (Å²) in [5.74, 6) is 0.483. The highest BCUT2D eigenvalue weighted by Gasteiger charge is 2.15. The van der Waals surface area contributed by atoms with Gasteiger partial charge in [-0.25, -0.2) is 0 Å². The monoisotopic (exact) mass is 258 g/mol. The molecule has 1 unspecified atom stereocenters. The summed E-state index contributed by atoms with van der Waals surface area (Å²) in [6, 6.07) is 2.24. The number of carbonyl (C=O) groups is 1. The lowest BCUT2D eigenvalue weighted by Crippen LogP contribution is -2.28. The number of hydrogen-bond donors (Lipinski definition) is 1. The SMILES string of the molecule is CCNC(=O)CS(=O)CCCCC(C)(C)C#N. The van der Waals surface area contributed by atoms with Gasteiger partial charge in [0, 0.05) is 23.1 Å². The van der Waals surface area contributed by atoms with E-state index in [2.05, 4.69) is 11.4 Å². The fraction of sp³-hybridized carbons (Fsp3) is 0.833. The van der Waals surface area contributed by atoms with Crippen molar-refractivity contribution in [2.45, 2.75) is 40.0 Å². The summed E-state index contributed by atoms with van der Waals surface area (Å²) in [6.07, 6.45) is 2.49. The number of amides is 1. The Morgan fingerprint density at radius 1 is 1.41 bits per heavy atom. The molecule has 0 aromatic heterocycles. The van der Waals surface area contributed by atoms with Crippen molar-refractivity contribution in [3.8, 4) is 6.07 Å². The van der Waals surface area contributed by atoms with Crippen molar-refractivity contribution in [1.29, 1.82) is 5.26 Å². The van der Waals surface area contributed by atoms with Gasteiger partial charge in [0.05, 0.1) is 11.5 Å². The second-order valence-electron chi connectivity index (χ2n) is 4.69. The summed E-state index contributed by atoms with van der Waals surface area (Å²) < 4.78 is 11.5. The molecule has 0 aliphatic carbocycles. The zero-order valence-electron chi connectivity index (χ0n) is 10.9. The summed E-state index contributed by atoms with van der Waals surface area (Å²) in [5, 5.41) is 11.4. The first-order valence-electron chi connectivity index (χ1n) is 5.94. The molecule has 0 aliphatic rings. The Balaban J connectivity index is 3.66. The van der Waals surface area contributed by atoms with Crippen molar-refractivity contribution in [2.24, 2.45) is 5.41 Å². The molecule has 1 N–H and O–H groups in total. The highest BCUT2D eigenvalue weighted by Crippen LogP contribution is 2.21. The molecule has 0 bridgehead atoms. The van der Waals surface area contributed by atoms with Crippen LogP contribution in [0.5, 0.6) is 0 Å². The molecule has 1 amide bonds. The van der Waals surface area contributed by atoms with Crippen LogP contribution in [0.25, 0.3) is 0 Å². The van der Waals surface area contributed by atoms with E-state index in [0.717, 1.165) is 19.3 Å². The summed E-state index contributed by atoms with van der Waals surface area (Å²) in [6.45, 7) is 6.22. The molecular formula is C12H22N2O2S. The van der Waals surface area contributed by atoms with E-state index in [1.165, 1.54) is 0 Å². The molecule has 1 atom stereocenters. The van der Waals surface area contributed by atoms with Gasteiger partial charge in [-0.15, -0.1) is 0 Å². The summed E-state index contributed by atoms with van der Waals surface area (Å²) in [5.41, 5.74) is -0.304. The van der Waals surface area contributed by atoms with Gasteiger partial charge < -0.3 is 5.32 Å². The lowest BCUT2D eigenvalue weighted by Gasteiger charge is -2.13. The summed E-state index contributed by atoms with van der Waals surface area (Å²) in [4.78, 5) is 11.1. The smallest absolute Gasteiger partial charge is 0.232 e. The number of nitrogens with one attached hydrogen (secondary N) is 1. The Morgan fingerprint density at radius 3 is 2.59 bits per heavy atom. The topological polar surface area (TPSA) is 70.0 Å². The van der Waals surface area contributed by atoms with Crippen LogP contribution in [0.2, 0.25) is 0 Å². The minimum absolute atomic E-state index is 0.0927. The van der Waals surface area contributed by atoms with E-state index in [9.17, 15) is 9.00 Å². The third kappa shape index (κ3) is 8.87. The maximum Gasteiger partial charge on any atom is 0.232 e. The van der Waals surface area contributed by atoms with Crippen LogP contribution in [-0.2, 0) is 15.6 Å². The molecule has 4 nitrogen and oxygen atoms in total. The van der Waals surface area contributed by atoms with Crippen LogP contribution in [0, 0.1) is 16.7 Å². The Labute approximate surface area is 106 Å².